The van der Waals surface area contributed by atoms with Crippen LogP contribution in [0.5, 0.6) is 0 Å². The fraction of sp³-hybridized carbons (Fsp3) is 0.640. The van der Waals surface area contributed by atoms with Crippen LogP contribution in [-0.4, -0.2) is 75.4 Å². The van der Waals surface area contributed by atoms with Crippen molar-refractivity contribution in [2.24, 2.45) is 10.8 Å². The van der Waals surface area contributed by atoms with Gasteiger partial charge < -0.3 is 14.5 Å². The van der Waals surface area contributed by atoms with Crippen LogP contribution in [0.2, 0.25) is 0 Å². The predicted molar refractivity (Wildman–Crippen MR) is 126 cm³/mol. The van der Waals surface area contributed by atoms with Gasteiger partial charge in [-0.25, -0.2) is 22.3 Å². The zero-order valence-electron chi connectivity index (χ0n) is 19.9. The number of sulfonamides is 1. The van der Waals surface area contributed by atoms with E-state index < -0.39 is 22.1 Å². The van der Waals surface area contributed by atoms with Crippen LogP contribution < -0.4 is 4.72 Å². The van der Waals surface area contributed by atoms with E-state index in [9.17, 15) is 13.2 Å². The van der Waals surface area contributed by atoms with Gasteiger partial charge >= 0.3 is 6.03 Å². The molecule has 1 spiro atoms. The first-order valence-electron chi connectivity index (χ1n) is 11.9. The van der Waals surface area contributed by atoms with Crippen LogP contribution in [0.3, 0.4) is 0 Å². The number of halogens is 1. The standard InChI is InChI=1S/C25H32FN3O4S/c1-24(9-10-24)8-7-17-5-4-6-18(21(17)26)13-20-22(27-34(3,31)32)25(11-12-25)16-29(20)23(30)28-14-19(15-28)33-2/h4-6,19-20,22,27H,9-16H2,1-3H3. The fourth-order valence-corrected chi connectivity index (χ4v) is 6.03. The average Bonchev–Trinajstić information content (AvgIpc) is 3.64. The van der Waals surface area contributed by atoms with Crippen molar-refractivity contribution in [1.82, 2.24) is 14.5 Å². The molecule has 0 aromatic heterocycles. The van der Waals surface area contributed by atoms with E-state index in [0.29, 0.717) is 30.8 Å². The van der Waals surface area contributed by atoms with Gasteiger partial charge in [-0.2, -0.15) is 0 Å². The molecule has 2 aliphatic carbocycles. The molecule has 2 amide bonds. The average molecular weight is 490 g/mol. The zero-order chi connectivity index (χ0) is 24.3. The maximum absolute atomic E-state index is 15.5. The molecule has 0 radical (unpaired) electrons. The molecule has 7 nitrogen and oxygen atoms in total. The number of benzene rings is 1. The summed E-state index contributed by atoms with van der Waals surface area (Å²) < 4.78 is 48.0. The van der Waals surface area contributed by atoms with Gasteiger partial charge in [0, 0.05) is 30.5 Å². The Morgan fingerprint density at radius 3 is 2.56 bits per heavy atom. The molecule has 2 heterocycles. The Kier molecular flexibility index (Phi) is 5.70. The Labute approximate surface area is 201 Å². The molecule has 1 N–H and O–H groups in total. The van der Waals surface area contributed by atoms with E-state index in [4.69, 9.17) is 4.74 Å². The van der Waals surface area contributed by atoms with Crippen molar-refractivity contribution in [2.75, 3.05) is 33.0 Å². The Morgan fingerprint density at radius 2 is 1.97 bits per heavy atom. The highest BCUT2D eigenvalue weighted by atomic mass is 32.2. The third kappa shape index (κ3) is 4.56. The van der Waals surface area contributed by atoms with Crippen molar-refractivity contribution >= 4 is 16.1 Å². The SMILES string of the molecule is COC1CN(C(=O)N2CC3(CC3)C(NS(C)(=O)=O)C2Cc2cccc(C#CC3(C)CC3)c2F)C1. The third-order valence-electron chi connectivity index (χ3n) is 7.87. The normalized spacial score (nSPS) is 26.7. The van der Waals surface area contributed by atoms with Crippen molar-refractivity contribution in [1.29, 1.82) is 0 Å². The van der Waals surface area contributed by atoms with E-state index in [1.807, 2.05) is 0 Å². The Balaban J connectivity index is 1.44. The summed E-state index contributed by atoms with van der Waals surface area (Å²) in [5.41, 5.74) is 0.494. The van der Waals surface area contributed by atoms with Gasteiger partial charge in [-0.15, -0.1) is 0 Å². The lowest BCUT2D eigenvalue weighted by atomic mass is 9.92. The van der Waals surface area contributed by atoms with Crippen LogP contribution in [0.25, 0.3) is 0 Å². The Bertz CT molecular complexity index is 1160. The van der Waals surface area contributed by atoms with Gasteiger partial charge in [0.25, 0.3) is 0 Å². The maximum Gasteiger partial charge on any atom is 0.320 e. The van der Waals surface area contributed by atoms with Gasteiger partial charge in [-0.1, -0.05) is 24.0 Å². The second-order valence-corrected chi connectivity index (χ2v) is 12.5. The molecule has 1 aromatic rings. The molecule has 5 rings (SSSR count). The van der Waals surface area contributed by atoms with Crippen molar-refractivity contribution in [2.45, 2.75) is 57.2 Å². The first kappa shape index (κ1) is 23.6. The van der Waals surface area contributed by atoms with E-state index in [1.165, 1.54) is 0 Å². The lowest BCUT2D eigenvalue weighted by Crippen LogP contribution is -2.60. The highest BCUT2D eigenvalue weighted by Gasteiger charge is 2.62. The van der Waals surface area contributed by atoms with Crippen LogP contribution in [0.15, 0.2) is 18.2 Å². The van der Waals surface area contributed by atoms with Gasteiger partial charge in [0.15, 0.2) is 0 Å². The minimum atomic E-state index is -3.51. The minimum absolute atomic E-state index is 0.0166. The summed E-state index contributed by atoms with van der Waals surface area (Å²) >= 11 is 0. The number of ether oxygens (including phenoxy) is 1. The number of urea groups is 1. The number of methoxy groups -OCH3 is 1. The Morgan fingerprint density at radius 1 is 1.26 bits per heavy atom. The summed E-state index contributed by atoms with van der Waals surface area (Å²) in [5.74, 6) is 5.79. The number of nitrogens with one attached hydrogen (secondary N) is 1. The van der Waals surface area contributed by atoms with Crippen LogP contribution in [0, 0.1) is 28.5 Å². The molecule has 184 valence electrons. The summed E-state index contributed by atoms with van der Waals surface area (Å²) in [6.45, 7) is 3.56. The number of amides is 2. The lowest BCUT2D eigenvalue weighted by molar-refractivity contribution is -0.0166. The van der Waals surface area contributed by atoms with E-state index in [2.05, 4.69) is 23.5 Å². The second kappa shape index (κ2) is 8.21. The second-order valence-electron chi connectivity index (χ2n) is 10.8. The molecule has 2 saturated carbocycles. The monoisotopic (exact) mass is 489 g/mol. The molecule has 2 unspecified atom stereocenters. The Hall–Kier alpha value is -2.15. The largest absolute Gasteiger partial charge is 0.378 e. The predicted octanol–water partition coefficient (Wildman–Crippen LogP) is 2.35. The summed E-state index contributed by atoms with van der Waals surface area (Å²) in [6.07, 6.45) is 5.12. The molecule has 2 saturated heterocycles. The van der Waals surface area contributed by atoms with Gasteiger partial charge in [-0.3, -0.25) is 0 Å². The highest BCUT2D eigenvalue weighted by Crippen LogP contribution is 2.56. The molecule has 1 aromatic carbocycles. The molecular formula is C25H32FN3O4S. The van der Waals surface area contributed by atoms with E-state index in [0.717, 1.165) is 31.9 Å². The number of carbonyl (C=O) groups excluding carboxylic acids is 1. The molecule has 9 heteroatoms. The number of rotatable bonds is 5. The molecule has 2 aliphatic heterocycles. The van der Waals surface area contributed by atoms with E-state index in [-0.39, 0.29) is 35.2 Å². The number of hydrogen-bond acceptors (Lipinski definition) is 4. The highest BCUT2D eigenvalue weighted by molar-refractivity contribution is 7.88. The molecule has 0 bridgehead atoms. The van der Waals surface area contributed by atoms with Gasteiger partial charge in [0.2, 0.25) is 10.0 Å². The van der Waals surface area contributed by atoms with Gasteiger partial charge in [0.1, 0.15) is 5.82 Å². The van der Waals surface area contributed by atoms with Gasteiger partial charge in [0.05, 0.1) is 37.1 Å². The summed E-state index contributed by atoms with van der Waals surface area (Å²) in [5, 5.41) is 0. The first-order chi connectivity index (χ1) is 16.0. The van der Waals surface area contributed by atoms with Crippen molar-refractivity contribution in [3.8, 4) is 11.8 Å². The zero-order valence-corrected chi connectivity index (χ0v) is 20.8. The smallest absolute Gasteiger partial charge is 0.320 e. The minimum Gasteiger partial charge on any atom is -0.378 e. The molecule has 2 atom stereocenters. The summed E-state index contributed by atoms with van der Waals surface area (Å²) in [6, 6.07) is 4.09. The number of hydrogen-bond donors (Lipinski definition) is 1. The number of nitrogens with zero attached hydrogens (tertiary/aromatic N) is 2. The number of likely N-dealkylation sites (tertiary alicyclic amines) is 2. The maximum atomic E-state index is 15.5. The van der Waals surface area contributed by atoms with E-state index >= 15 is 4.39 Å². The van der Waals surface area contributed by atoms with Gasteiger partial charge in [-0.05, 0) is 50.7 Å². The summed E-state index contributed by atoms with van der Waals surface area (Å²) in [7, 11) is -1.89. The molecule has 4 fully saturated rings. The fourth-order valence-electron chi connectivity index (χ4n) is 5.16. The third-order valence-corrected chi connectivity index (χ3v) is 8.55. The van der Waals surface area contributed by atoms with Crippen molar-refractivity contribution in [3.63, 3.8) is 0 Å². The van der Waals surface area contributed by atoms with Crippen LogP contribution in [0.1, 0.15) is 43.7 Å². The molecule has 34 heavy (non-hydrogen) atoms. The molecule has 4 aliphatic rings. The summed E-state index contributed by atoms with van der Waals surface area (Å²) in [4.78, 5) is 16.9. The topological polar surface area (TPSA) is 79.0 Å². The van der Waals surface area contributed by atoms with Crippen LogP contribution >= 0.6 is 0 Å². The van der Waals surface area contributed by atoms with Crippen LogP contribution in [-0.2, 0) is 21.2 Å². The lowest BCUT2D eigenvalue weighted by Gasteiger charge is -2.42. The first-order valence-corrected chi connectivity index (χ1v) is 13.8. The van der Waals surface area contributed by atoms with Crippen molar-refractivity contribution in [3.05, 3.63) is 35.1 Å². The van der Waals surface area contributed by atoms with Crippen molar-refractivity contribution < 1.29 is 22.3 Å². The van der Waals surface area contributed by atoms with E-state index in [1.54, 1.807) is 35.1 Å². The molecular weight excluding hydrogens is 457 g/mol. The quantitative estimate of drug-likeness (QED) is 0.644. The van der Waals surface area contributed by atoms with Crippen LogP contribution in [0.4, 0.5) is 9.18 Å². The number of carbonyl (C=O) groups is 1.